The van der Waals surface area contributed by atoms with Crippen LogP contribution in [0.1, 0.15) is 50.2 Å². The molecular formula is C28H35FN4O2. The van der Waals surface area contributed by atoms with Crippen molar-refractivity contribution in [2.45, 2.75) is 51.5 Å². The maximum absolute atomic E-state index is 13.9. The van der Waals surface area contributed by atoms with Crippen molar-refractivity contribution in [2.75, 3.05) is 37.8 Å². The van der Waals surface area contributed by atoms with Gasteiger partial charge in [0, 0.05) is 37.0 Å². The highest BCUT2D eigenvalue weighted by atomic mass is 19.1. The van der Waals surface area contributed by atoms with Crippen molar-refractivity contribution in [3.8, 4) is 5.75 Å². The molecule has 1 N–H and O–H groups in total. The van der Waals surface area contributed by atoms with E-state index in [1.165, 1.54) is 43.4 Å². The Bertz CT molecular complexity index is 1070. The molecule has 0 spiro atoms. The molecule has 35 heavy (non-hydrogen) atoms. The second-order valence-electron chi connectivity index (χ2n) is 9.99. The molecule has 5 rings (SSSR count). The van der Waals surface area contributed by atoms with E-state index >= 15 is 0 Å². The van der Waals surface area contributed by atoms with Crippen molar-refractivity contribution in [3.63, 3.8) is 0 Å². The fourth-order valence-corrected chi connectivity index (χ4v) is 5.30. The smallest absolute Gasteiger partial charge is 0.248 e. The zero-order chi connectivity index (χ0) is 24.2. The third-order valence-corrected chi connectivity index (χ3v) is 7.31. The second kappa shape index (κ2) is 10.9. The summed E-state index contributed by atoms with van der Waals surface area (Å²) in [4.78, 5) is 15.4. The third-order valence-electron chi connectivity index (χ3n) is 7.31. The third kappa shape index (κ3) is 5.73. The molecule has 0 bridgehead atoms. The average molecular weight is 479 g/mol. The predicted octanol–water partition coefficient (Wildman–Crippen LogP) is 4.37. The van der Waals surface area contributed by atoms with Crippen LogP contribution >= 0.6 is 0 Å². The van der Waals surface area contributed by atoms with Crippen LogP contribution in [0.4, 0.5) is 10.1 Å². The molecule has 2 heterocycles. The summed E-state index contributed by atoms with van der Waals surface area (Å²) in [6.45, 7) is 7.20. The summed E-state index contributed by atoms with van der Waals surface area (Å²) in [5.74, 6) is 0.518. The quantitative estimate of drug-likeness (QED) is 0.612. The lowest BCUT2D eigenvalue weighted by Gasteiger charge is -2.33. The van der Waals surface area contributed by atoms with Gasteiger partial charge in [-0.25, -0.2) is 9.40 Å². The van der Waals surface area contributed by atoms with Gasteiger partial charge in [-0.3, -0.25) is 4.79 Å². The Kier molecular flexibility index (Phi) is 7.44. The SMILES string of the molecule is CC(COc1ccc(N2N=C3c4cc(F)ccc4CCC3CC2=O)cc1)NCCN1CCCCC1. The summed E-state index contributed by atoms with van der Waals surface area (Å²) in [6.07, 6.45) is 6.11. The summed E-state index contributed by atoms with van der Waals surface area (Å²) in [5.41, 5.74) is 3.44. The van der Waals surface area contributed by atoms with Crippen LogP contribution in [0, 0.1) is 11.7 Å². The number of anilines is 1. The van der Waals surface area contributed by atoms with Crippen LogP contribution < -0.4 is 15.1 Å². The normalized spacial score (nSPS) is 21.2. The Labute approximate surface area is 207 Å². The van der Waals surface area contributed by atoms with Gasteiger partial charge in [-0.2, -0.15) is 5.10 Å². The van der Waals surface area contributed by atoms with Crippen molar-refractivity contribution < 1.29 is 13.9 Å². The fourth-order valence-electron chi connectivity index (χ4n) is 5.30. The maximum atomic E-state index is 13.9. The molecule has 0 aromatic heterocycles. The first-order valence-corrected chi connectivity index (χ1v) is 13.0. The van der Waals surface area contributed by atoms with E-state index in [-0.39, 0.29) is 23.7 Å². The number of hydrogen-bond donors (Lipinski definition) is 1. The molecule has 186 valence electrons. The zero-order valence-corrected chi connectivity index (χ0v) is 20.5. The van der Waals surface area contributed by atoms with Crippen LogP contribution in [0.5, 0.6) is 5.75 Å². The second-order valence-corrected chi connectivity index (χ2v) is 9.99. The van der Waals surface area contributed by atoms with Crippen molar-refractivity contribution >= 4 is 17.3 Å². The minimum atomic E-state index is -0.271. The summed E-state index contributed by atoms with van der Waals surface area (Å²) >= 11 is 0. The highest BCUT2D eigenvalue weighted by Crippen LogP contribution is 2.34. The Balaban J connectivity index is 1.18. The van der Waals surface area contributed by atoms with E-state index in [2.05, 4.69) is 17.1 Å². The molecule has 6 nitrogen and oxygen atoms in total. The Morgan fingerprint density at radius 2 is 1.94 bits per heavy atom. The molecule has 0 radical (unpaired) electrons. The standard InChI is InChI=1S/C28H35FN4O2/c1-20(30-13-16-32-14-3-2-4-15-32)19-35-25-11-9-24(10-12-25)33-27(34)17-22-6-5-21-7-8-23(29)18-26(21)28(22)31-33/h7-12,18,20,22,30H,2-6,13-17,19H2,1H3. The summed E-state index contributed by atoms with van der Waals surface area (Å²) in [6, 6.07) is 12.6. The minimum Gasteiger partial charge on any atom is -0.492 e. The topological polar surface area (TPSA) is 57.2 Å². The number of amides is 1. The lowest BCUT2D eigenvalue weighted by atomic mass is 9.79. The lowest BCUT2D eigenvalue weighted by Crippen LogP contribution is -2.40. The molecular weight excluding hydrogens is 443 g/mol. The average Bonchev–Trinajstić information content (AvgIpc) is 2.88. The Hall–Kier alpha value is -2.77. The number of likely N-dealkylation sites (tertiary alicyclic amines) is 1. The van der Waals surface area contributed by atoms with Crippen molar-refractivity contribution in [1.82, 2.24) is 10.2 Å². The molecule has 1 fully saturated rings. The molecule has 1 aliphatic carbocycles. The van der Waals surface area contributed by atoms with Crippen LogP contribution in [0.15, 0.2) is 47.6 Å². The van der Waals surface area contributed by atoms with Crippen molar-refractivity contribution in [3.05, 3.63) is 59.4 Å². The molecule has 2 unspecified atom stereocenters. The van der Waals surface area contributed by atoms with E-state index in [9.17, 15) is 9.18 Å². The van der Waals surface area contributed by atoms with Crippen molar-refractivity contribution in [2.24, 2.45) is 11.0 Å². The van der Waals surface area contributed by atoms with Crippen molar-refractivity contribution in [1.29, 1.82) is 0 Å². The number of carbonyl (C=O) groups is 1. The molecule has 2 atom stereocenters. The molecule has 2 aromatic carbocycles. The van der Waals surface area contributed by atoms with Gasteiger partial charge in [0.1, 0.15) is 18.2 Å². The van der Waals surface area contributed by atoms with Gasteiger partial charge < -0.3 is 15.0 Å². The number of aryl methyl sites for hydroxylation is 1. The number of hydrogen-bond acceptors (Lipinski definition) is 5. The number of piperidine rings is 1. The number of carbonyl (C=O) groups excluding carboxylic acids is 1. The van der Waals surface area contributed by atoms with E-state index < -0.39 is 0 Å². The van der Waals surface area contributed by atoms with E-state index in [1.54, 1.807) is 6.07 Å². The number of fused-ring (bicyclic) bond motifs is 3. The Morgan fingerprint density at radius 3 is 2.74 bits per heavy atom. The van der Waals surface area contributed by atoms with E-state index in [0.29, 0.717) is 18.7 Å². The number of ether oxygens (including phenoxy) is 1. The molecule has 0 saturated carbocycles. The van der Waals surface area contributed by atoms with Crippen LogP contribution in [-0.4, -0.2) is 55.3 Å². The highest BCUT2D eigenvalue weighted by Gasteiger charge is 2.34. The first-order valence-electron chi connectivity index (χ1n) is 13.0. The molecule has 2 aromatic rings. The summed E-state index contributed by atoms with van der Waals surface area (Å²) in [5, 5.41) is 9.69. The van der Waals surface area contributed by atoms with Gasteiger partial charge in [0.2, 0.25) is 5.91 Å². The van der Waals surface area contributed by atoms with Gasteiger partial charge in [-0.1, -0.05) is 12.5 Å². The van der Waals surface area contributed by atoms with Gasteiger partial charge in [-0.15, -0.1) is 0 Å². The minimum absolute atomic E-state index is 0.0289. The van der Waals surface area contributed by atoms with Crippen LogP contribution in [0.2, 0.25) is 0 Å². The van der Waals surface area contributed by atoms with Gasteiger partial charge in [0.15, 0.2) is 0 Å². The zero-order valence-electron chi connectivity index (χ0n) is 20.5. The molecule has 2 aliphatic heterocycles. The number of nitrogens with zero attached hydrogens (tertiary/aromatic N) is 3. The van der Waals surface area contributed by atoms with Gasteiger partial charge >= 0.3 is 0 Å². The largest absolute Gasteiger partial charge is 0.492 e. The first-order chi connectivity index (χ1) is 17.1. The predicted molar refractivity (Wildman–Crippen MR) is 137 cm³/mol. The number of benzene rings is 2. The molecule has 1 amide bonds. The summed E-state index contributed by atoms with van der Waals surface area (Å²) < 4.78 is 19.9. The Morgan fingerprint density at radius 1 is 1.14 bits per heavy atom. The van der Waals surface area contributed by atoms with Gasteiger partial charge in [-0.05, 0) is 87.7 Å². The number of halogens is 1. The van der Waals surface area contributed by atoms with Gasteiger partial charge in [0.05, 0.1) is 11.4 Å². The van der Waals surface area contributed by atoms with Crippen LogP contribution in [-0.2, 0) is 11.2 Å². The van der Waals surface area contributed by atoms with E-state index in [0.717, 1.165) is 48.5 Å². The monoisotopic (exact) mass is 478 g/mol. The first kappa shape index (κ1) is 23.9. The van der Waals surface area contributed by atoms with E-state index in [1.807, 2.05) is 30.3 Å². The lowest BCUT2D eigenvalue weighted by molar-refractivity contribution is -0.119. The fraction of sp³-hybridized carbons (Fsp3) is 0.500. The van der Waals surface area contributed by atoms with E-state index in [4.69, 9.17) is 9.84 Å². The molecule has 1 saturated heterocycles. The van der Waals surface area contributed by atoms with Gasteiger partial charge in [0.25, 0.3) is 0 Å². The summed E-state index contributed by atoms with van der Waals surface area (Å²) in [7, 11) is 0. The number of hydrazone groups is 1. The van der Waals surface area contributed by atoms with Crippen LogP contribution in [0.25, 0.3) is 0 Å². The molecule has 3 aliphatic rings. The maximum Gasteiger partial charge on any atom is 0.248 e. The van der Waals surface area contributed by atoms with Crippen LogP contribution in [0.3, 0.4) is 0 Å². The number of rotatable bonds is 8. The number of nitrogens with one attached hydrogen (secondary N) is 1. The molecule has 7 heteroatoms. The highest BCUT2D eigenvalue weighted by molar-refractivity contribution is 6.11.